The molecule has 4 aromatic heterocycles. The Morgan fingerprint density at radius 2 is 1.76 bits per heavy atom. The summed E-state index contributed by atoms with van der Waals surface area (Å²) in [7, 11) is 0. The summed E-state index contributed by atoms with van der Waals surface area (Å²) >= 11 is 1.51. The Labute approximate surface area is 241 Å². The van der Waals surface area contributed by atoms with E-state index < -0.39 is 0 Å². The van der Waals surface area contributed by atoms with E-state index in [1.165, 1.54) is 17.3 Å². The first kappa shape index (κ1) is 25.5. The lowest BCUT2D eigenvalue weighted by atomic mass is 9.95. The minimum Gasteiger partial charge on any atom is -0.299 e. The van der Waals surface area contributed by atoms with Gasteiger partial charge in [0.15, 0.2) is 11.6 Å². The van der Waals surface area contributed by atoms with Crippen LogP contribution < -0.4 is 0 Å². The highest BCUT2D eigenvalue weighted by molar-refractivity contribution is 7.98. The number of piperidine rings is 1. The van der Waals surface area contributed by atoms with Crippen LogP contribution in [0, 0.1) is 0 Å². The van der Waals surface area contributed by atoms with Crippen LogP contribution in [0.5, 0.6) is 0 Å². The van der Waals surface area contributed by atoms with E-state index in [2.05, 4.69) is 71.5 Å². The minimum atomic E-state index is 0.344. The molecule has 10 nitrogen and oxygen atoms in total. The number of rotatable bonds is 7. The summed E-state index contributed by atoms with van der Waals surface area (Å²) in [4.78, 5) is 25.1. The van der Waals surface area contributed by atoms with Crippen molar-refractivity contribution in [3.8, 4) is 33.9 Å². The number of nitrogens with one attached hydrogen (secondary N) is 1. The first-order valence-electron chi connectivity index (χ1n) is 13.6. The summed E-state index contributed by atoms with van der Waals surface area (Å²) in [6, 6.07) is 19.1. The Morgan fingerprint density at radius 3 is 2.51 bits per heavy atom. The molecular weight excluding hydrogens is 532 g/mol. The highest BCUT2D eigenvalue weighted by Gasteiger charge is 2.24. The van der Waals surface area contributed by atoms with E-state index in [0.29, 0.717) is 28.4 Å². The molecule has 0 saturated carbocycles. The predicted molar refractivity (Wildman–Crippen MR) is 158 cm³/mol. The highest BCUT2D eigenvalue weighted by Crippen LogP contribution is 2.32. The summed E-state index contributed by atoms with van der Waals surface area (Å²) in [5.74, 6) is 2.49. The second-order valence-corrected chi connectivity index (χ2v) is 10.9. The van der Waals surface area contributed by atoms with Crippen molar-refractivity contribution in [1.29, 1.82) is 0 Å². The molecule has 0 unspecified atom stereocenters. The van der Waals surface area contributed by atoms with Gasteiger partial charge in [-0.15, -0.1) is 5.10 Å². The number of hydrogen-bond donors (Lipinski definition) is 1. The van der Waals surface area contributed by atoms with Gasteiger partial charge in [-0.05, 0) is 43.3 Å². The number of aromatic nitrogens is 9. The Balaban J connectivity index is 1.05. The van der Waals surface area contributed by atoms with Crippen LogP contribution in [0.3, 0.4) is 0 Å². The summed E-state index contributed by atoms with van der Waals surface area (Å²) in [5, 5.41) is 12.8. The van der Waals surface area contributed by atoms with Gasteiger partial charge in [-0.25, -0.2) is 19.5 Å². The number of aromatic amines is 1. The molecule has 0 amide bonds. The summed E-state index contributed by atoms with van der Waals surface area (Å²) in [5.41, 5.74) is 6.09. The van der Waals surface area contributed by atoms with Crippen molar-refractivity contribution in [2.75, 3.05) is 19.3 Å². The molecule has 0 aliphatic carbocycles. The molecule has 0 radical (unpaired) electrons. The first-order valence-corrected chi connectivity index (χ1v) is 14.8. The number of fused-ring (bicyclic) bond motifs is 1. The van der Waals surface area contributed by atoms with E-state index in [0.717, 1.165) is 60.7 Å². The van der Waals surface area contributed by atoms with E-state index in [-0.39, 0.29) is 0 Å². The quantitative estimate of drug-likeness (QED) is 0.265. The molecule has 11 heteroatoms. The zero-order valence-corrected chi connectivity index (χ0v) is 23.4. The Bertz CT molecular complexity index is 1760. The van der Waals surface area contributed by atoms with E-state index >= 15 is 0 Å². The number of benzene rings is 2. The molecule has 1 N–H and O–H groups in total. The Morgan fingerprint density at radius 1 is 0.927 bits per heavy atom. The number of nitrogens with zero attached hydrogens (tertiary/aromatic N) is 9. The normalized spacial score (nSPS) is 14.6. The molecule has 0 atom stereocenters. The third-order valence-corrected chi connectivity index (χ3v) is 8.01. The first-order chi connectivity index (χ1) is 20.2. The molecule has 7 rings (SSSR count). The van der Waals surface area contributed by atoms with Gasteiger partial charge in [0.2, 0.25) is 5.16 Å². The standard InChI is InChI=1S/C30H28N10S/c1-41-30-35-29-33-26(24(19-40(29)38-30)21-5-3-2-4-6-21)22-9-7-20(8-10-22)18-39-15-11-23(12-16-39)27-34-28(37-36-27)25-17-31-13-14-32-25/h2-10,13-14,17,19,23H,11-12,15-16,18H2,1H3,(H,34,36,37). The zero-order valence-electron chi connectivity index (χ0n) is 22.6. The summed E-state index contributed by atoms with van der Waals surface area (Å²) < 4.78 is 1.77. The molecule has 2 aromatic carbocycles. The number of hydrogen-bond acceptors (Lipinski definition) is 9. The van der Waals surface area contributed by atoms with Gasteiger partial charge in [0.1, 0.15) is 5.69 Å². The summed E-state index contributed by atoms with van der Waals surface area (Å²) in [6.07, 6.45) is 11.1. The maximum absolute atomic E-state index is 4.94. The average Bonchev–Trinajstić information content (AvgIpc) is 3.70. The smallest absolute Gasteiger partial charge is 0.253 e. The van der Waals surface area contributed by atoms with Gasteiger partial charge >= 0.3 is 0 Å². The maximum Gasteiger partial charge on any atom is 0.253 e. The molecule has 0 spiro atoms. The van der Waals surface area contributed by atoms with Crippen molar-refractivity contribution in [3.63, 3.8) is 0 Å². The third-order valence-electron chi connectivity index (χ3n) is 7.47. The predicted octanol–water partition coefficient (Wildman–Crippen LogP) is 5.13. The van der Waals surface area contributed by atoms with Gasteiger partial charge in [-0.2, -0.15) is 10.1 Å². The van der Waals surface area contributed by atoms with Crippen molar-refractivity contribution >= 4 is 17.5 Å². The fraction of sp³-hybridized carbons (Fsp3) is 0.233. The molecule has 1 saturated heterocycles. The van der Waals surface area contributed by atoms with E-state index in [1.807, 2.05) is 30.7 Å². The molecule has 41 heavy (non-hydrogen) atoms. The second kappa shape index (κ2) is 11.2. The lowest BCUT2D eigenvalue weighted by molar-refractivity contribution is 0.202. The summed E-state index contributed by atoms with van der Waals surface area (Å²) in [6.45, 7) is 2.91. The van der Waals surface area contributed by atoms with Gasteiger partial charge in [0, 0.05) is 42.2 Å². The highest BCUT2D eigenvalue weighted by atomic mass is 32.2. The van der Waals surface area contributed by atoms with Crippen LogP contribution >= 0.6 is 11.8 Å². The van der Waals surface area contributed by atoms with Crippen LogP contribution in [0.1, 0.15) is 30.1 Å². The third kappa shape index (κ3) is 5.33. The van der Waals surface area contributed by atoms with Crippen molar-refractivity contribution in [3.05, 3.63) is 90.8 Å². The molecule has 5 heterocycles. The monoisotopic (exact) mass is 560 g/mol. The van der Waals surface area contributed by atoms with E-state index in [9.17, 15) is 0 Å². The average molecular weight is 561 g/mol. The zero-order chi connectivity index (χ0) is 27.6. The Hall–Kier alpha value is -4.48. The number of likely N-dealkylation sites (tertiary alicyclic amines) is 1. The SMILES string of the molecule is CSc1nc2nc(-c3ccc(CN4CCC(c5n[nH]c(-c6cnccn6)n5)CC4)cc3)c(-c3ccccc3)cn2n1. The lowest BCUT2D eigenvalue weighted by Gasteiger charge is -2.30. The lowest BCUT2D eigenvalue weighted by Crippen LogP contribution is -2.32. The van der Waals surface area contributed by atoms with E-state index in [4.69, 9.17) is 9.97 Å². The van der Waals surface area contributed by atoms with Crippen LogP contribution in [-0.4, -0.2) is 69.0 Å². The van der Waals surface area contributed by atoms with Crippen LogP contribution in [-0.2, 0) is 6.54 Å². The van der Waals surface area contributed by atoms with Crippen molar-refractivity contribution in [1.82, 2.24) is 49.6 Å². The van der Waals surface area contributed by atoms with Crippen molar-refractivity contribution in [2.24, 2.45) is 0 Å². The van der Waals surface area contributed by atoms with Crippen molar-refractivity contribution in [2.45, 2.75) is 30.5 Å². The van der Waals surface area contributed by atoms with Gasteiger partial charge in [0.05, 0.1) is 11.9 Å². The fourth-order valence-electron chi connectivity index (χ4n) is 5.31. The molecular formula is C30H28N10S. The van der Waals surface area contributed by atoms with Gasteiger partial charge in [-0.3, -0.25) is 15.0 Å². The van der Waals surface area contributed by atoms with Gasteiger partial charge < -0.3 is 0 Å². The number of H-pyrrole nitrogens is 1. The molecule has 1 aliphatic rings. The molecule has 204 valence electrons. The molecule has 1 fully saturated rings. The number of thioether (sulfide) groups is 1. The fourth-order valence-corrected chi connectivity index (χ4v) is 5.65. The molecule has 6 aromatic rings. The minimum absolute atomic E-state index is 0.344. The largest absolute Gasteiger partial charge is 0.299 e. The van der Waals surface area contributed by atoms with Crippen LogP contribution in [0.25, 0.3) is 39.7 Å². The maximum atomic E-state index is 4.94. The van der Waals surface area contributed by atoms with Crippen molar-refractivity contribution < 1.29 is 0 Å². The molecule has 1 aliphatic heterocycles. The van der Waals surface area contributed by atoms with Crippen LogP contribution in [0.4, 0.5) is 0 Å². The van der Waals surface area contributed by atoms with Crippen LogP contribution in [0.15, 0.2) is 84.5 Å². The second-order valence-electron chi connectivity index (χ2n) is 10.1. The van der Waals surface area contributed by atoms with Crippen LogP contribution in [0.2, 0.25) is 0 Å². The van der Waals surface area contributed by atoms with Gasteiger partial charge in [0.25, 0.3) is 5.78 Å². The topological polar surface area (TPSA) is 114 Å². The molecule has 0 bridgehead atoms. The Kier molecular flexibility index (Phi) is 6.95. The van der Waals surface area contributed by atoms with Gasteiger partial charge in [-0.1, -0.05) is 66.4 Å². The van der Waals surface area contributed by atoms with E-state index in [1.54, 1.807) is 23.1 Å².